The topological polar surface area (TPSA) is 51.8 Å². The van der Waals surface area contributed by atoms with Crippen LogP contribution in [0.4, 0.5) is 5.13 Å². The zero-order valence-corrected chi connectivity index (χ0v) is 12.0. The van der Waals surface area contributed by atoms with Crippen molar-refractivity contribution in [2.45, 2.75) is 6.92 Å². The molecule has 0 aromatic carbocycles. The molecule has 0 radical (unpaired) electrons. The van der Waals surface area contributed by atoms with Gasteiger partial charge >= 0.3 is 0 Å². The molecule has 0 amide bonds. The highest BCUT2D eigenvalue weighted by atomic mass is 79.9. The van der Waals surface area contributed by atoms with E-state index in [4.69, 9.17) is 5.73 Å². The normalized spacial score (nSPS) is 9.36. The van der Waals surface area contributed by atoms with Gasteiger partial charge in [0.15, 0.2) is 5.13 Å². The Morgan fingerprint density at radius 1 is 1.14 bits per heavy atom. The highest BCUT2D eigenvalue weighted by Gasteiger charge is 1.89. The predicted molar refractivity (Wildman–Crippen MR) is 68.8 cm³/mol. The molecule has 0 unspecified atom stereocenters. The van der Waals surface area contributed by atoms with Gasteiger partial charge in [0.1, 0.15) is 0 Å². The lowest BCUT2D eigenvalue weighted by molar-refractivity contribution is 1.29. The fourth-order valence-corrected chi connectivity index (χ4v) is 2.91. The van der Waals surface area contributed by atoms with Crippen LogP contribution in [0.15, 0.2) is 20.0 Å². The Kier molecular flexibility index (Phi) is 5.00. The van der Waals surface area contributed by atoms with Crippen LogP contribution in [0.3, 0.4) is 0 Å². The third kappa shape index (κ3) is 4.50. The van der Waals surface area contributed by atoms with E-state index >= 15 is 0 Å². The summed E-state index contributed by atoms with van der Waals surface area (Å²) in [7, 11) is 0. The van der Waals surface area contributed by atoms with Gasteiger partial charge in [-0.3, -0.25) is 0 Å². The van der Waals surface area contributed by atoms with Crippen LogP contribution < -0.4 is 5.73 Å². The SMILES string of the molecule is Cc1ncc(Br)s1.Nc1ncc(Br)s1. The summed E-state index contributed by atoms with van der Waals surface area (Å²) < 4.78 is 2.08. The van der Waals surface area contributed by atoms with Gasteiger partial charge in [0.05, 0.1) is 25.0 Å². The number of aryl methyl sites for hydroxylation is 1. The van der Waals surface area contributed by atoms with E-state index in [1.54, 1.807) is 23.7 Å². The molecule has 3 nitrogen and oxygen atoms in total. The van der Waals surface area contributed by atoms with E-state index in [2.05, 4.69) is 41.8 Å². The first-order chi connectivity index (χ1) is 6.58. The minimum atomic E-state index is 0.604. The van der Waals surface area contributed by atoms with Crippen LogP contribution in [-0.4, -0.2) is 9.97 Å². The second-order valence-corrected chi connectivity index (χ2v) is 7.24. The van der Waals surface area contributed by atoms with E-state index in [-0.39, 0.29) is 0 Å². The second kappa shape index (κ2) is 5.79. The fraction of sp³-hybridized carbons (Fsp3) is 0.143. The predicted octanol–water partition coefficient (Wildman–Crippen LogP) is 3.70. The van der Waals surface area contributed by atoms with Crippen molar-refractivity contribution in [3.05, 3.63) is 25.0 Å². The van der Waals surface area contributed by atoms with Crippen LogP contribution in [0.2, 0.25) is 0 Å². The molecule has 0 aliphatic heterocycles. The minimum absolute atomic E-state index is 0.604. The summed E-state index contributed by atoms with van der Waals surface area (Å²) in [6, 6.07) is 0. The van der Waals surface area contributed by atoms with Crippen LogP contribution in [0.1, 0.15) is 5.01 Å². The number of anilines is 1. The van der Waals surface area contributed by atoms with Crippen molar-refractivity contribution in [1.29, 1.82) is 0 Å². The molecular formula is C7H7Br2N3S2. The zero-order valence-electron chi connectivity index (χ0n) is 7.20. The van der Waals surface area contributed by atoms with E-state index in [0.717, 1.165) is 12.6 Å². The molecule has 2 N–H and O–H groups in total. The first-order valence-corrected chi connectivity index (χ1v) is 6.74. The molecule has 0 atom stereocenters. The van der Waals surface area contributed by atoms with Gasteiger partial charge < -0.3 is 5.73 Å². The summed E-state index contributed by atoms with van der Waals surface area (Å²) in [6.45, 7) is 1.98. The van der Waals surface area contributed by atoms with Crippen molar-refractivity contribution in [3.63, 3.8) is 0 Å². The monoisotopic (exact) mass is 355 g/mol. The molecular weight excluding hydrogens is 350 g/mol. The second-order valence-electron chi connectivity index (χ2n) is 2.19. The molecule has 7 heteroatoms. The molecule has 76 valence electrons. The Labute approximate surface area is 107 Å². The standard InChI is InChI=1S/C4H4BrNS.C3H3BrN2S/c1-3-6-2-4(5)7-3;4-2-1-6-3(5)7-2/h2H,1H3;1H,(H2,5,6). The molecule has 2 aromatic heterocycles. The van der Waals surface area contributed by atoms with Gasteiger partial charge in [0.2, 0.25) is 0 Å². The smallest absolute Gasteiger partial charge is 0.181 e. The highest BCUT2D eigenvalue weighted by Crippen LogP contribution is 2.19. The van der Waals surface area contributed by atoms with Crippen molar-refractivity contribution in [2.75, 3.05) is 5.73 Å². The largest absolute Gasteiger partial charge is 0.375 e. The van der Waals surface area contributed by atoms with Gasteiger partial charge in [-0.05, 0) is 38.8 Å². The maximum Gasteiger partial charge on any atom is 0.181 e. The van der Waals surface area contributed by atoms with Crippen LogP contribution in [-0.2, 0) is 0 Å². The molecule has 0 saturated heterocycles. The Balaban J connectivity index is 0.000000140. The van der Waals surface area contributed by atoms with Gasteiger partial charge in [-0.15, -0.1) is 11.3 Å². The van der Waals surface area contributed by atoms with E-state index in [0.29, 0.717) is 5.13 Å². The number of aromatic nitrogens is 2. The third-order valence-corrected chi connectivity index (χ3v) is 3.79. The Morgan fingerprint density at radius 2 is 1.71 bits per heavy atom. The summed E-state index contributed by atoms with van der Waals surface area (Å²) in [4.78, 5) is 7.75. The summed E-state index contributed by atoms with van der Waals surface area (Å²) >= 11 is 9.57. The summed E-state index contributed by atoms with van der Waals surface area (Å²) in [5.74, 6) is 0. The van der Waals surface area contributed by atoms with Crippen molar-refractivity contribution < 1.29 is 0 Å². The maximum absolute atomic E-state index is 5.26. The molecule has 0 fully saturated rings. The van der Waals surface area contributed by atoms with Crippen LogP contribution in [0, 0.1) is 6.92 Å². The molecule has 2 heterocycles. The van der Waals surface area contributed by atoms with Crippen molar-refractivity contribution >= 4 is 59.7 Å². The van der Waals surface area contributed by atoms with Gasteiger partial charge in [0.25, 0.3) is 0 Å². The maximum atomic E-state index is 5.26. The number of halogens is 2. The lowest BCUT2D eigenvalue weighted by Crippen LogP contribution is -1.77. The molecule has 2 aromatic rings. The first kappa shape index (κ1) is 12.1. The molecule has 0 bridgehead atoms. The molecule has 0 aliphatic carbocycles. The number of nitrogens with zero attached hydrogens (tertiary/aromatic N) is 2. The number of hydrogen-bond donors (Lipinski definition) is 1. The lowest BCUT2D eigenvalue weighted by Gasteiger charge is -1.69. The number of nitrogen functional groups attached to an aromatic ring is 1. The molecule has 14 heavy (non-hydrogen) atoms. The van der Waals surface area contributed by atoms with E-state index in [9.17, 15) is 0 Å². The summed E-state index contributed by atoms with van der Waals surface area (Å²) in [6.07, 6.45) is 3.49. The van der Waals surface area contributed by atoms with Gasteiger partial charge in [-0.2, -0.15) is 0 Å². The van der Waals surface area contributed by atoms with Crippen molar-refractivity contribution in [1.82, 2.24) is 9.97 Å². The quantitative estimate of drug-likeness (QED) is 0.782. The van der Waals surface area contributed by atoms with E-state index < -0.39 is 0 Å². The number of thiazole rings is 2. The summed E-state index contributed by atoms with van der Waals surface area (Å²) in [5.41, 5.74) is 5.26. The molecule has 0 aliphatic rings. The summed E-state index contributed by atoms with van der Waals surface area (Å²) in [5, 5.41) is 1.71. The molecule has 0 spiro atoms. The first-order valence-electron chi connectivity index (χ1n) is 3.52. The number of rotatable bonds is 0. The zero-order chi connectivity index (χ0) is 10.6. The molecule has 2 rings (SSSR count). The highest BCUT2D eigenvalue weighted by molar-refractivity contribution is 9.11. The number of nitrogens with two attached hydrogens (primary N) is 1. The Bertz CT molecular complexity index is 328. The lowest BCUT2D eigenvalue weighted by atomic mass is 10.8. The van der Waals surface area contributed by atoms with E-state index in [1.807, 2.05) is 6.92 Å². The van der Waals surface area contributed by atoms with Gasteiger partial charge in [-0.1, -0.05) is 11.3 Å². The Morgan fingerprint density at radius 3 is 1.86 bits per heavy atom. The number of hydrogen-bond acceptors (Lipinski definition) is 5. The van der Waals surface area contributed by atoms with Gasteiger partial charge in [0, 0.05) is 0 Å². The average molecular weight is 357 g/mol. The average Bonchev–Trinajstić information content (AvgIpc) is 2.63. The molecule has 0 saturated carbocycles. The van der Waals surface area contributed by atoms with Crippen LogP contribution in [0.25, 0.3) is 0 Å². The van der Waals surface area contributed by atoms with Crippen LogP contribution in [0.5, 0.6) is 0 Å². The van der Waals surface area contributed by atoms with Crippen LogP contribution >= 0.6 is 54.5 Å². The fourth-order valence-electron chi connectivity index (χ4n) is 0.602. The third-order valence-electron chi connectivity index (χ3n) is 1.09. The minimum Gasteiger partial charge on any atom is -0.375 e. The van der Waals surface area contributed by atoms with Gasteiger partial charge in [-0.25, -0.2) is 9.97 Å². The van der Waals surface area contributed by atoms with Crippen molar-refractivity contribution in [2.24, 2.45) is 0 Å². The van der Waals surface area contributed by atoms with Crippen molar-refractivity contribution in [3.8, 4) is 0 Å². The van der Waals surface area contributed by atoms with E-state index in [1.165, 1.54) is 11.3 Å². The Hall–Kier alpha value is 0.0200.